The van der Waals surface area contributed by atoms with Gasteiger partial charge in [-0.05, 0) is 72.8 Å². The fourth-order valence-electron chi connectivity index (χ4n) is 5.61. The third-order valence-electron chi connectivity index (χ3n) is 7.76. The number of amides is 1. The molecule has 2 fully saturated rings. The van der Waals surface area contributed by atoms with E-state index in [0.29, 0.717) is 12.5 Å². The summed E-state index contributed by atoms with van der Waals surface area (Å²) in [7, 11) is 0. The molecule has 0 aliphatic carbocycles. The second kappa shape index (κ2) is 18.3. The number of alkyl halides is 9. The molecule has 5 rings (SSSR count). The summed E-state index contributed by atoms with van der Waals surface area (Å²) in [5, 5.41) is 30.3. The summed E-state index contributed by atoms with van der Waals surface area (Å²) < 4.78 is 97.3. The van der Waals surface area contributed by atoms with Crippen molar-refractivity contribution < 1.29 is 74.0 Å². The number of halogens is 9. The Morgan fingerprint density at radius 3 is 1.83 bits per heavy atom. The Morgan fingerprint density at radius 1 is 0.849 bits per heavy atom. The quantitative estimate of drug-likeness (QED) is 0.244. The molecule has 3 N–H and O–H groups in total. The van der Waals surface area contributed by atoms with Crippen molar-refractivity contribution in [2.24, 2.45) is 5.41 Å². The van der Waals surface area contributed by atoms with Gasteiger partial charge >= 0.3 is 36.4 Å². The number of likely N-dealkylation sites (tertiary alicyclic amines) is 2. The smallest absolute Gasteiger partial charge is 0.475 e. The second-order valence-electron chi connectivity index (χ2n) is 11.9. The van der Waals surface area contributed by atoms with Gasteiger partial charge in [0.1, 0.15) is 0 Å². The molecule has 5 heterocycles. The van der Waals surface area contributed by atoms with Crippen LogP contribution in [0.1, 0.15) is 55.5 Å². The van der Waals surface area contributed by atoms with Crippen LogP contribution in [-0.4, -0.2) is 102 Å². The predicted octanol–water partition coefficient (Wildman–Crippen LogP) is 6.23. The fraction of sp³-hybridized carbons (Fsp3) is 0.484. The monoisotopic (exact) mass is 791 g/mol. The van der Waals surface area contributed by atoms with E-state index in [1.807, 2.05) is 30.7 Å². The van der Waals surface area contributed by atoms with Crippen LogP contribution in [0, 0.1) is 5.41 Å². The van der Waals surface area contributed by atoms with Gasteiger partial charge in [-0.3, -0.25) is 19.4 Å². The average Bonchev–Trinajstić information content (AvgIpc) is 3.81. The second-order valence-corrected chi connectivity index (χ2v) is 12.7. The van der Waals surface area contributed by atoms with Crippen LogP contribution < -0.4 is 0 Å². The van der Waals surface area contributed by atoms with Crippen molar-refractivity contribution in [3.05, 3.63) is 70.4 Å². The van der Waals surface area contributed by atoms with Gasteiger partial charge in [0.05, 0.1) is 5.41 Å². The average molecular weight is 792 g/mol. The highest BCUT2D eigenvalue weighted by Crippen LogP contribution is 2.50. The van der Waals surface area contributed by atoms with Crippen molar-refractivity contribution >= 4 is 35.2 Å². The standard InChI is InChI=1S/C25H31N5OS.3C2HF3O2/c1-19(2)30-23(6-11-27-30)22-16-28(14-21-7-13-32-17-21)18-25(22)8-3-12-29(24(25)31)15-20-4-9-26-10-5-20;3*3-2(4,5)1(6)7/h4-7,9-11,13,17,19,22H,3,8,12,14-16,18H2,1-2H3;3*(H,6,7)/t22-,25+;;;/m0.../s1. The lowest BCUT2D eigenvalue weighted by Gasteiger charge is -2.43. The Balaban J connectivity index is 0.000000379. The highest BCUT2D eigenvalue weighted by molar-refractivity contribution is 7.07. The van der Waals surface area contributed by atoms with E-state index in [2.05, 4.69) is 61.3 Å². The van der Waals surface area contributed by atoms with E-state index < -0.39 is 41.9 Å². The number of carbonyl (C=O) groups excluding carboxylic acids is 1. The molecular weight excluding hydrogens is 757 g/mol. The Hall–Kier alpha value is -4.73. The lowest BCUT2D eigenvalue weighted by Crippen LogP contribution is -2.52. The summed E-state index contributed by atoms with van der Waals surface area (Å²) in [5.74, 6) is -7.82. The van der Waals surface area contributed by atoms with Crippen molar-refractivity contribution in [3.63, 3.8) is 0 Å². The first-order valence-electron chi connectivity index (χ1n) is 15.3. The molecule has 294 valence electrons. The third kappa shape index (κ3) is 13.0. The van der Waals surface area contributed by atoms with Crippen LogP contribution in [0.25, 0.3) is 0 Å². The van der Waals surface area contributed by atoms with Crippen LogP contribution in [0.3, 0.4) is 0 Å². The van der Waals surface area contributed by atoms with Crippen LogP contribution in [0.4, 0.5) is 39.5 Å². The number of hydrogen-bond donors (Lipinski definition) is 3. The summed E-state index contributed by atoms with van der Waals surface area (Å²) in [6.07, 6.45) is -7.77. The topological polar surface area (TPSA) is 166 Å². The maximum atomic E-state index is 14.1. The lowest BCUT2D eigenvalue weighted by atomic mass is 9.70. The molecule has 2 aliphatic heterocycles. The van der Waals surface area contributed by atoms with Crippen molar-refractivity contribution in [3.8, 4) is 0 Å². The van der Waals surface area contributed by atoms with E-state index in [1.165, 1.54) is 11.3 Å². The molecule has 0 radical (unpaired) electrons. The number of aromatic nitrogens is 3. The van der Waals surface area contributed by atoms with E-state index in [4.69, 9.17) is 29.7 Å². The van der Waals surface area contributed by atoms with Gasteiger partial charge in [-0.15, -0.1) is 0 Å². The Bertz CT molecular complexity index is 1590. The van der Waals surface area contributed by atoms with Gasteiger partial charge in [0.2, 0.25) is 5.91 Å². The number of piperidine rings is 1. The molecule has 1 spiro atoms. The van der Waals surface area contributed by atoms with E-state index in [0.717, 1.165) is 44.6 Å². The van der Waals surface area contributed by atoms with Gasteiger partial charge in [-0.1, -0.05) is 0 Å². The minimum absolute atomic E-state index is 0.152. The molecule has 2 aliphatic rings. The number of pyridine rings is 1. The molecule has 12 nitrogen and oxygen atoms in total. The normalized spacial score (nSPS) is 19.1. The van der Waals surface area contributed by atoms with Crippen molar-refractivity contribution in [1.29, 1.82) is 0 Å². The van der Waals surface area contributed by atoms with E-state index in [1.54, 1.807) is 11.3 Å². The summed E-state index contributed by atoms with van der Waals surface area (Å²) in [5.41, 5.74) is 3.28. The Labute approximate surface area is 299 Å². The first-order valence-corrected chi connectivity index (χ1v) is 16.2. The molecule has 53 heavy (non-hydrogen) atoms. The van der Waals surface area contributed by atoms with Crippen LogP contribution in [-0.2, 0) is 32.3 Å². The molecule has 0 bridgehead atoms. The van der Waals surface area contributed by atoms with E-state index in [-0.39, 0.29) is 12.0 Å². The molecule has 22 heteroatoms. The van der Waals surface area contributed by atoms with E-state index in [9.17, 15) is 44.3 Å². The van der Waals surface area contributed by atoms with Gasteiger partial charge < -0.3 is 20.2 Å². The maximum Gasteiger partial charge on any atom is 0.490 e. The molecule has 2 atom stereocenters. The van der Waals surface area contributed by atoms with E-state index >= 15 is 0 Å². The number of carboxylic acids is 3. The van der Waals surface area contributed by atoms with Gasteiger partial charge in [-0.2, -0.15) is 55.9 Å². The number of rotatable bonds is 6. The van der Waals surface area contributed by atoms with Crippen LogP contribution >= 0.6 is 11.3 Å². The molecular formula is C31H34F9N5O7S. The van der Waals surface area contributed by atoms with Crippen molar-refractivity contribution in [2.75, 3.05) is 19.6 Å². The van der Waals surface area contributed by atoms with Gasteiger partial charge in [0.25, 0.3) is 0 Å². The molecule has 1 amide bonds. The summed E-state index contributed by atoms with van der Waals surface area (Å²) in [4.78, 5) is 49.5. The molecule has 0 saturated carbocycles. The fourth-order valence-corrected chi connectivity index (χ4v) is 6.27. The number of hydrogen-bond acceptors (Lipinski definition) is 8. The summed E-state index contributed by atoms with van der Waals surface area (Å²) in [6.45, 7) is 8.41. The molecule has 3 aromatic rings. The number of aliphatic carboxylic acids is 3. The van der Waals surface area contributed by atoms with Crippen LogP contribution in [0.2, 0.25) is 0 Å². The first kappa shape index (κ1) is 44.4. The molecule has 2 saturated heterocycles. The molecule has 0 aromatic carbocycles. The Morgan fingerprint density at radius 2 is 1.38 bits per heavy atom. The number of thiophene rings is 1. The highest BCUT2D eigenvalue weighted by Gasteiger charge is 2.56. The van der Waals surface area contributed by atoms with Gasteiger partial charge in [0, 0.05) is 69.0 Å². The SMILES string of the molecule is CC(C)n1nccc1[C@@H]1CN(Cc2ccsc2)C[C@]12CCCN(Cc1ccncc1)C2=O.O=C(O)C(F)(F)F.O=C(O)C(F)(F)F.O=C(O)C(F)(F)F. The number of carboxylic acid groups (broad SMARTS) is 3. The Kier molecular flexibility index (Phi) is 15.4. The highest BCUT2D eigenvalue weighted by atomic mass is 32.1. The van der Waals surface area contributed by atoms with Gasteiger partial charge in [0.15, 0.2) is 0 Å². The van der Waals surface area contributed by atoms with Crippen molar-refractivity contribution in [2.45, 2.75) is 70.3 Å². The zero-order valence-corrected chi connectivity index (χ0v) is 28.6. The number of carbonyl (C=O) groups is 4. The molecule has 3 aromatic heterocycles. The zero-order chi connectivity index (χ0) is 40.4. The summed E-state index contributed by atoms with van der Waals surface area (Å²) >= 11 is 1.74. The molecule has 0 unspecified atom stereocenters. The van der Waals surface area contributed by atoms with Crippen LogP contribution in [0.5, 0.6) is 0 Å². The predicted molar refractivity (Wildman–Crippen MR) is 167 cm³/mol. The number of nitrogens with zero attached hydrogens (tertiary/aromatic N) is 5. The minimum Gasteiger partial charge on any atom is -0.475 e. The third-order valence-corrected chi connectivity index (χ3v) is 8.49. The van der Waals surface area contributed by atoms with Crippen LogP contribution in [0.15, 0.2) is 53.6 Å². The summed E-state index contributed by atoms with van der Waals surface area (Å²) in [6, 6.07) is 8.63. The zero-order valence-electron chi connectivity index (χ0n) is 27.8. The minimum atomic E-state index is -5.08. The first-order chi connectivity index (χ1) is 24.4. The maximum absolute atomic E-state index is 14.1. The lowest BCUT2D eigenvalue weighted by molar-refractivity contribution is -0.193. The van der Waals surface area contributed by atoms with Crippen molar-refractivity contribution in [1.82, 2.24) is 24.6 Å². The largest absolute Gasteiger partial charge is 0.490 e. The van der Waals surface area contributed by atoms with Gasteiger partial charge in [-0.25, -0.2) is 14.4 Å².